The Balaban J connectivity index is 2.25. The van der Waals surface area contributed by atoms with Gasteiger partial charge in [0.05, 0.1) is 6.61 Å². The number of halogens is 1. The van der Waals surface area contributed by atoms with E-state index in [1.54, 1.807) is 0 Å². The lowest BCUT2D eigenvalue weighted by Gasteiger charge is -2.11. The molecule has 0 aliphatic carbocycles. The molecule has 1 rings (SSSR count). The average Bonchev–Trinajstić information content (AvgIpc) is 2.36. The van der Waals surface area contributed by atoms with Gasteiger partial charge in [0.25, 0.3) is 0 Å². The number of rotatable bonds is 9. The lowest BCUT2D eigenvalue weighted by Crippen LogP contribution is -2.22. The summed E-state index contributed by atoms with van der Waals surface area (Å²) in [6.45, 7) is 5.16. The lowest BCUT2D eigenvalue weighted by molar-refractivity contribution is 0.276. The first kappa shape index (κ1) is 14.3. The van der Waals surface area contributed by atoms with Gasteiger partial charge in [-0.2, -0.15) is 0 Å². The number of ether oxygens (including phenoxy) is 2. The van der Waals surface area contributed by atoms with Crippen molar-refractivity contribution in [2.75, 3.05) is 31.6 Å². The average molecular weight is 302 g/mol. The molecule has 3 nitrogen and oxygen atoms in total. The monoisotopic (exact) mass is 301 g/mol. The third kappa shape index (κ3) is 5.94. The molecule has 0 spiro atoms. The van der Waals surface area contributed by atoms with Crippen LogP contribution in [-0.4, -0.2) is 31.6 Å². The minimum atomic E-state index is 0.657. The molecule has 0 aliphatic rings. The number of hydrogen-bond acceptors (Lipinski definition) is 3. The third-order valence-corrected chi connectivity index (χ3v) is 2.73. The molecule has 0 amide bonds. The van der Waals surface area contributed by atoms with Crippen LogP contribution in [0.3, 0.4) is 0 Å². The quantitative estimate of drug-likeness (QED) is 0.562. The van der Waals surface area contributed by atoms with Crippen molar-refractivity contribution in [2.45, 2.75) is 13.3 Å². The van der Waals surface area contributed by atoms with Gasteiger partial charge in [-0.15, -0.1) is 0 Å². The summed E-state index contributed by atoms with van der Waals surface area (Å²) in [5.74, 6) is 1.63. The van der Waals surface area contributed by atoms with Crippen molar-refractivity contribution < 1.29 is 9.47 Å². The van der Waals surface area contributed by atoms with E-state index in [2.05, 4.69) is 21.2 Å². The predicted molar refractivity (Wildman–Crippen MR) is 74.4 cm³/mol. The zero-order chi connectivity index (χ0) is 12.3. The number of para-hydroxylation sites is 2. The maximum atomic E-state index is 5.67. The van der Waals surface area contributed by atoms with E-state index in [9.17, 15) is 0 Å². The van der Waals surface area contributed by atoms with Gasteiger partial charge in [0.15, 0.2) is 11.5 Å². The molecule has 17 heavy (non-hydrogen) atoms. The van der Waals surface area contributed by atoms with Crippen LogP contribution >= 0.6 is 15.9 Å². The molecule has 96 valence electrons. The molecule has 0 heterocycles. The van der Waals surface area contributed by atoms with E-state index in [0.717, 1.165) is 36.3 Å². The number of benzene rings is 1. The van der Waals surface area contributed by atoms with Crippen LogP contribution in [0.4, 0.5) is 0 Å². The molecule has 0 aliphatic heterocycles. The highest BCUT2D eigenvalue weighted by molar-refractivity contribution is 9.09. The SMILES string of the molecule is CCOc1ccccc1OCCNCCCBr. The van der Waals surface area contributed by atoms with Crippen molar-refractivity contribution in [3.05, 3.63) is 24.3 Å². The van der Waals surface area contributed by atoms with E-state index >= 15 is 0 Å². The first-order chi connectivity index (χ1) is 8.38. The lowest BCUT2D eigenvalue weighted by atomic mass is 10.3. The van der Waals surface area contributed by atoms with Crippen LogP contribution in [0.2, 0.25) is 0 Å². The minimum Gasteiger partial charge on any atom is -0.490 e. The van der Waals surface area contributed by atoms with Gasteiger partial charge in [0, 0.05) is 11.9 Å². The van der Waals surface area contributed by atoms with Gasteiger partial charge >= 0.3 is 0 Å². The van der Waals surface area contributed by atoms with E-state index in [1.807, 2.05) is 31.2 Å². The highest BCUT2D eigenvalue weighted by atomic mass is 79.9. The fraction of sp³-hybridized carbons (Fsp3) is 0.538. The molecule has 1 aromatic rings. The van der Waals surface area contributed by atoms with Gasteiger partial charge < -0.3 is 14.8 Å². The molecule has 0 saturated heterocycles. The largest absolute Gasteiger partial charge is 0.490 e. The first-order valence-electron chi connectivity index (χ1n) is 5.99. The fourth-order valence-corrected chi connectivity index (χ4v) is 1.67. The van der Waals surface area contributed by atoms with Crippen LogP contribution in [0.1, 0.15) is 13.3 Å². The summed E-state index contributed by atoms with van der Waals surface area (Å²) < 4.78 is 11.2. The highest BCUT2D eigenvalue weighted by Crippen LogP contribution is 2.25. The molecule has 1 N–H and O–H groups in total. The Hall–Kier alpha value is -0.740. The van der Waals surface area contributed by atoms with E-state index in [0.29, 0.717) is 13.2 Å². The van der Waals surface area contributed by atoms with Gasteiger partial charge in [0.2, 0.25) is 0 Å². The van der Waals surface area contributed by atoms with Gasteiger partial charge in [-0.3, -0.25) is 0 Å². The summed E-state index contributed by atoms with van der Waals surface area (Å²) in [5, 5.41) is 4.35. The predicted octanol–water partition coefficient (Wildman–Crippen LogP) is 2.84. The second-order valence-electron chi connectivity index (χ2n) is 3.52. The van der Waals surface area contributed by atoms with Gasteiger partial charge in [-0.05, 0) is 32.0 Å². The molecule has 0 radical (unpaired) electrons. The summed E-state index contributed by atoms with van der Waals surface area (Å²) in [7, 11) is 0. The smallest absolute Gasteiger partial charge is 0.161 e. The summed E-state index contributed by atoms with van der Waals surface area (Å²) in [6.07, 6.45) is 1.13. The molecule has 0 fully saturated rings. The van der Waals surface area contributed by atoms with Crippen LogP contribution in [0, 0.1) is 0 Å². The van der Waals surface area contributed by atoms with Gasteiger partial charge in [0.1, 0.15) is 6.61 Å². The molecule has 0 bridgehead atoms. The molecule has 4 heteroatoms. The standard InChI is InChI=1S/C13H20BrNO2/c1-2-16-12-6-3-4-7-13(12)17-11-10-15-9-5-8-14/h3-4,6-7,15H,2,5,8-11H2,1H3. The van der Waals surface area contributed by atoms with Crippen molar-refractivity contribution >= 4 is 15.9 Å². The van der Waals surface area contributed by atoms with Crippen LogP contribution in [0.15, 0.2) is 24.3 Å². The summed E-state index contributed by atoms with van der Waals surface area (Å²) in [5.41, 5.74) is 0. The van der Waals surface area contributed by atoms with Crippen molar-refractivity contribution in [1.29, 1.82) is 0 Å². The second kappa shape index (κ2) is 9.31. The molecular formula is C13H20BrNO2. The van der Waals surface area contributed by atoms with Crippen molar-refractivity contribution in [3.8, 4) is 11.5 Å². The molecular weight excluding hydrogens is 282 g/mol. The van der Waals surface area contributed by atoms with Crippen LogP contribution < -0.4 is 14.8 Å². The normalized spacial score (nSPS) is 10.2. The number of alkyl halides is 1. The molecule has 0 aromatic heterocycles. The van der Waals surface area contributed by atoms with E-state index in [-0.39, 0.29) is 0 Å². The molecule has 0 atom stereocenters. The third-order valence-electron chi connectivity index (χ3n) is 2.17. The van der Waals surface area contributed by atoms with Crippen LogP contribution in [-0.2, 0) is 0 Å². The fourth-order valence-electron chi connectivity index (χ4n) is 1.39. The van der Waals surface area contributed by atoms with E-state index < -0.39 is 0 Å². The topological polar surface area (TPSA) is 30.5 Å². The Kier molecular flexibility index (Phi) is 7.84. The maximum absolute atomic E-state index is 5.67. The van der Waals surface area contributed by atoms with Crippen molar-refractivity contribution in [3.63, 3.8) is 0 Å². The minimum absolute atomic E-state index is 0.657. The Morgan fingerprint density at radius 2 is 1.82 bits per heavy atom. The Morgan fingerprint density at radius 3 is 2.47 bits per heavy atom. The zero-order valence-electron chi connectivity index (χ0n) is 10.2. The first-order valence-corrected chi connectivity index (χ1v) is 7.12. The molecule has 0 unspecified atom stereocenters. The highest BCUT2D eigenvalue weighted by Gasteiger charge is 2.02. The number of nitrogens with one attached hydrogen (secondary N) is 1. The Morgan fingerprint density at radius 1 is 1.12 bits per heavy atom. The van der Waals surface area contributed by atoms with Crippen molar-refractivity contribution in [2.24, 2.45) is 0 Å². The van der Waals surface area contributed by atoms with Gasteiger partial charge in [-0.25, -0.2) is 0 Å². The Bertz CT molecular complexity index is 307. The summed E-state index contributed by atoms with van der Waals surface area (Å²) in [4.78, 5) is 0. The summed E-state index contributed by atoms with van der Waals surface area (Å²) >= 11 is 3.39. The zero-order valence-corrected chi connectivity index (χ0v) is 11.8. The van der Waals surface area contributed by atoms with Crippen LogP contribution in [0.5, 0.6) is 11.5 Å². The van der Waals surface area contributed by atoms with E-state index in [1.165, 1.54) is 0 Å². The Labute approximate surface area is 112 Å². The second-order valence-corrected chi connectivity index (χ2v) is 4.31. The maximum Gasteiger partial charge on any atom is 0.161 e. The van der Waals surface area contributed by atoms with Crippen molar-refractivity contribution in [1.82, 2.24) is 5.32 Å². The molecule has 0 saturated carbocycles. The van der Waals surface area contributed by atoms with Crippen LogP contribution in [0.25, 0.3) is 0 Å². The number of hydrogen-bond donors (Lipinski definition) is 1. The van der Waals surface area contributed by atoms with Gasteiger partial charge in [-0.1, -0.05) is 28.1 Å². The molecule has 1 aromatic carbocycles. The summed E-state index contributed by atoms with van der Waals surface area (Å²) in [6, 6.07) is 7.77. The van der Waals surface area contributed by atoms with E-state index in [4.69, 9.17) is 9.47 Å².